The molecule has 0 saturated heterocycles. The van der Waals surface area contributed by atoms with E-state index in [1.807, 2.05) is 0 Å². The topological polar surface area (TPSA) is 80.0 Å². The molecule has 2 aliphatic rings. The van der Waals surface area contributed by atoms with E-state index in [0.29, 0.717) is 22.8 Å². The molecule has 2 saturated carbocycles. The van der Waals surface area contributed by atoms with E-state index >= 15 is 0 Å². The van der Waals surface area contributed by atoms with Crippen molar-refractivity contribution in [2.45, 2.75) is 44.2 Å². The lowest BCUT2D eigenvalue weighted by Crippen LogP contribution is -2.39. The van der Waals surface area contributed by atoms with Crippen LogP contribution >= 0.6 is 11.3 Å². The molecule has 92 valence electrons. The number of rotatable bonds is 4. The van der Waals surface area contributed by atoms with Gasteiger partial charge >= 0.3 is 0 Å². The summed E-state index contributed by atoms with van der Waals surface area (Å²) in [7, 11) is 0. The number of carbonyl (C=O) groups excluding carboxylic acids is 1. The second-order valence-electron chi connectivity index (χ2n) is 4.75. The van der Waals surface area contributed by atoms with E-state index < -0.39 is 0 Å². The van der Waals surface area contributed by atoms with Crippen molar-refractivity contribution in [3.8, 4) is 0 Å². The van der Waals surface area contributed by atoms with E-state index in [1.54, 1.807) is 0 Å². The smallest absolute Gasteiger partial charge is 0.265 e. The molecule has 3 rings (SSSR count). The lowest BCUT2D eigenvalue weighted by molar-refractivity contribution is 0.0922. The minimum Gasteiger partial charge on any atom is -0.382 e. The van der Waals surface area contributed by atoms with Crippen LogP contribution in [0.4, 0.5) is 10.9 Å². The predicted octanol–water partition coefficient (Wildman–Crippen LogP) is 1.58. The molecule has 1 amide bonds. The van der Waals surface area contributed by atoms with Gasteiger partial charge in [0, 0.05) is 12.1 Å². The Morgan fingerprint density at radius 2 is 2.06 bits per heavy atom. The first-order valence-corrected chi connectivity index (χ1v) is 6.88. The maximum Gasteiger partial charge on any atom is 0.265 e. The molecule has 1 heterocycles. The number of nitrogens with one attached hydrogen (secondary N) is 2. The molecule has 0 radical (unpaired) electrons. The quantitative estimate of drug-likeness (QED) is 0.760. The molecule has 5 nitrogen and oxygen atoms in total. The Hall–Kier alpha value is -1.30. The van der Waals surface area contributed by atoms with Gasteiger partial charge in [-0.05, 0) is 32.1 Å². The SMILES string of the molecule is Nc1nc(NC2CC2)sc1C(=O)NC1CCC1. The van der Waals surface area contributed by atoms with E-state index in [2.05, 4.69) is 15.6 Å². The first-order chi connectivity index (χ1) is 8.22. The molecule has 2 fully saturated rings. The highest BCUT2D eigenvalue weighted by Gasteiger charge is 2.26. The number of amides is 1. The molecular formula is C11H16N4OS. The Bertz CT molecular complexity index is 437. The number of thiazole rings is 1. The molecule has 17 heavy (non-hydrogen) atoms. The van der Waals surface area contributed by atoms with Gasteiger partial charge in [0.15, 0.2) is 5.13 Å². The van der Waals surface area contributed by atoms with Gasteiger partial charge in [0.25, 0.3) is 5.91 Å². The molecule has 4 N–H and O–H groups in total. The van der Waals surface area contributed by atoms with Gasteiger partial charge in [-0.25, -0.2) is 4.98 Å². The monoisotopic (exact) mass is 252 g/mol. The van der Waals surface area contributed by atoms with E-state index in [1.165, 1.54) is 30.6 Å². The van der Waals surface area contributed by atoms with Gasteiger partial charge in [-0.15, -0.1) is 0 Å². The Morgan fingerprint density at radius 1 is 1.29 bits per heavy atom. The number of hydrogen-bond donors (Lipinski definition) is 3. The van der Waals surface area contributed by atoms with Crippen LogP contribution in [0.1, 0.15) is 41.8 Å². The molecular weight excluding hydrogens is 236 g/mol. The van der Waals surface area contributed by atoms with Crippen LogP contribution in [-0.4, -0.2) is 23.0 Å². The molecule has 0 aromatic carbocycles. The molecule has 0 atom stereocenters. The maximum atomic E-state index is 11.9. The summed E-state index contributed by atoms with van der Waals surface area (Å²) < 4.78 is 0. The van der Waals surface area contributed by atoms with Crippen LogP contribution in [0.2, 0.25) is 0 Å². The summed E-state index contributed by atoms with van der Waals surface area (Å²) >= 11 is 1.35. The zero-order chi connectivity index (χ0) is 11.8. The van der Waals surface area contributed by atoms with Crippen molar-refractivity contribution in [3.63, 3.8) is 0 Å². The largest absolute Gasteiger partial charge is 0.382 e. The number of aromatic nitrogens is 1. The first-order valence-electron chi connectivity index (χ1n) is 6.06. The summed E-state index contributed by atoms with van der Waals surface area (Å²) in [5, 5.41) is 7.01. The van der Waals surface area contributed by atoms with Crippen molar-refractivity contribution in [2.75, 3.05) is 11.1 Å². The third kappa shape index (κ3) is 2.36. The predicted molar refractivity (Wildman–Crippen MR) is 68.3 cm³/mol. The van der Waals surface area contributed by atoms with Crippen molar-refractivity contribution in [3.05, 3.63) is 4.88 Å². The normalized spacial score (nSPS) is 19.8. The van der Waals surface area contributed by atoms with E-state index in [0.717, 1.165) is 18.0 Å². The highest BCUT2D eigenvalue weighted by Crippen LogP contribution is 2.30. The van der Waals surface area contributed by atoms with E-state index in [-0.39, 0.29) is 5.91 Å². The van der Waals surface area contributed by atoms with Crippen LogP contribution in [-0.2, 0) is 0 Å². The minimum absolute atomic E-state index is 0.0754. The fourth-order valence-electron chi connectivity index (χ4n) is 1.76. The zero-order valence-corrected chi connectivity index (χ0v) is 10.3. The van der Waals surface area contributed by atoms with Crippen LogP contribution in [0.25, 0.3) is 0 Å². The van der Waals surface area contributed by atoms with Crippen molar-refractivity contribution in [2.24, 2.45) is 0 Å². The number of anilines is 2. The van der Waals surface area contributed by atoms with Crippen molar-refractivity contribution < 1.29 is 4.79 Å². The summed E-state index contributed by atoms with van der Waals surface area (Å²) in [5.74, 6) is 0.267. The number of nitrogens with zero attached hydrogens (tertiary/aromatic N) is 1. The van der Waals surface area contributed by atoms with Crippen LogP contribution in [0, 0.1) is 0 Å². The van der Waals surface area contributed by atoms with Crippen LogP contribution in [0.3, 0.4) is 0 Å². The molecule has 6 heteroatoms. The average molecular weight is 252 g/mol. The van der Waals surface area contributed by atoms with Gasteiger partial charge in [0.05, 0.1) is 0 Å². The molecule has 0 unspecified atom stereocenters. The van der Waals surface area contributed by atoms with Gasteiger partial charge in [-0.3, -0.25) is 4.79 Å². The van der Waals surface area contributed by atoms with Gasteiger partial charge in [0.2, 0.25) is 0 Å². The van der Waals surface area contributed by atoms with Gasteiger partial charge in [-0.2, -0.15) is 0 Å². The fourth-order valence-corrected chi connectivity index (χ4v) is 2.63. The number of nitrogens with two attached hydrogens (primary N) is 1. The third-order valence-corrected chi connectivity index (χ3v) is 4.21. The number of carbonyl (C=O) groups is 1. The molecule has 1 aromatic heterocycles. The van der Waals surface area contributed by atoms with Crippen molar-refractivity contribution in [1.29, 1.82) is 0 Å². The fraction of sp³-hybridized carbons (Fsp3) is 0.636. The van der Waals surface area contributed by atoms with Crippen molar-refractivity contribution >= 4 is 28.2 Å². The summed E-state index contributed by atoms with van der Waals surface area (Å²) in [4.78, 5) is 16.7. The maximum absolute atomic E-state index is 11.9. The lowest BCUT2D eigenvalue weighted by atomic mass is 9.93. The Balaban J connectivity index is 1.67. The standard InChI is InChI=1S/C11H16N4OS/c12-9-8(10(16)13-6-2-1-3-6)17-11(15-9)14-7-4-5-7/h6-7H,1-5,12H2,(H,13,16)(H,14,15). The number of hydrogen-bond acceptors (Lipinski definition) is 5. The Kier molecular flexibility index (Phi) is 2.66. The summed E-state index contributed by atoms with van der Waals surface area (Å²) in [6.45, 7) is 0. The summed E-state index contributed by atoms with van der Waals surface area (Å²) in [6.07, 6.45) is 5.74. The van der Waals surface area contributed by atoms with Crippen LogP contribution < -0.4 is 16.4 Å². The van der Waals surface area contributed by atoms with E-state index in [4.69, 9.17) is 5.73 Å². The molecule has 2 aliphatic carbocycles. The molecule has 0 aliphatic heterocycles. The first kappa shape index (κ1) is 10.8. The Morgan fingerprint density at radius 3 is 2.65 bits per heavy atom. The van der Waals surface area contributed by atoms with E-state index in [9.17, 15) is 4.79 Å². The molecule has 1 aromatic rings. The Labute approximate surface area is 104 Å². The summed E-state index contributed by atoms with van der Waals surface area (Å²) in [6, 6.07) is 0.868. The highest BCUT2D eigenvalue weighted by atomic mass is 32.1. The zero-order valence-electron chi connectivity index (χ0n) is 9.53. The average Bonchev–Trinajstić information content (AvgIpc) is 2.95. The van der Waals surface area contributed by atoms with Crippen LogP contribution in [0.15, 0.2) is 0 Å². The van der Waals surface area contributed by atoms with Gasteiger partial charge in [-0.1, -0.05) is 11.3 Å². The second kappa shape index (κ2) is 4.18. The minimum atomic E-state index is -0.0754. The molecule has 0 bridgehead atoms. The lowest BCUT2D eigenvalue weighted by Gasteiger charge is -2.25. The second-order valence-corrected chi connectivity index (χ2v) is 5.75. The third-order valence-electron chi connectivity index (χ3n) is 3.20. The van der Waals surface area contributed by atoms with Crippen LogP contribution in [0.5, 0.6) is 0 Å². The van der Waals surface area contributed by atoms with Gasteiger partial charge < -0.3 is 16.4 Å². The van der Waals surface area contributed by atoms with Gasteiger partial charge in [0.1, 0.15) is 10.7 Å². The summed E-state index contributed by atoms with van der Waals surface area (Å²) in [5.41, 5.74) is 5.77. The molecule has 0 spiro atoms. The number of nitrogen functional groups attached to an aromatic ring is 1. The highest BCUT2D eigenvalue weighted by molar-refractivity contribution is 7.18. The van der Waals surface area contributed by atoms with Crippen molar-refractivity contribution in [1.82, 2.24) is 10.3 Å².